The second-order valence-corrected chi connectivity index (χ2v) is 5.53. The van der Waals surface area contributed by atoms with Gasteiger partial charge in [-0.1, -0.05) is 36.4 Å². The molecule has 0 fully saturated rings. The molecule has 2 nitrogen and oxygen atoms in total. The van der Waals surface area contributed by atoms with Crippen LogP contribution in [0.15, 0.2) is 54.6 Å². The van der Waals surface area contributed by atoms with Crippen molar-refractivity contribution in [3.05, 3.63) is 77.1 Å². The van der Waals surface area contributed by atoms with Crippen LogP contribution in [-0.4, -0.2) is 5.91 Å². The van der Waals surface area contributed by atoms with Crippen LogP contribution in [-0.2, 0) is 17.8 Å². The number of aryl methyl sites for hydroxylation is 1. The van der Waals surface area contributed by atoms with Crippen LogP contribution in [0.1, 0.15) is 29.5 Å². The molecule has 0 heterocycles. The number of halogens is 1. The van der Waals surface area contributed by atoms with Crippen LogP contribution in [0.2, 0.25) is 0 Å². The number of benzene rings is 2. The molecule has 0 atom stereocenters. The smallest absolute Gasteiger partial charge is 0.244 e. The van der Waals surface area contributed by atoms with Gasteiger partial charge in [0.15, 0.2) is 0 Å². The maximum absolute atomic E-state index is 13.4. The van der Waals surface area contributed by atoms with Gasteiger partial charge in [-0.15, -0.1) is 0 Å². The summed E-state index contributed by atoms with van der Waals surface area (Å²) in [7, 11) is 0. The number of amides is 1. The highest BCUT2D eigenvalue weighted by Gasteiger charge is 2.15. The molecule has 22 heavy (non-hydrogen) atoms. The van der Waals surface area contributed by atoms with Gasteiger partial charge in [0.1, 0.15) is 5.82 Å². The zero-order valence-electron chi connectivity index (χ0n) is 12.3. The third kappa shape index (κ3) is 3.42. The summed E-state index contributed by atoms with van der Waals surface area (Å²) in [5.74, 6) is -0.382. The Kier molecular flexibility index (Phi) is 4.33. The second-order valence-electron chi connectivity index (χ2n) is 5.53. The van der Waals surface area contributed by atoms with E-state index in [0.29, 0.717) is 6.54 Å². The van der Waals surface area contributed by atoms with Gasteiger partial charge in [-0.05, 0) is 53.7 Å². The van der Waals surface area contributed by atoms with Crippen LogP contribution in [0, 0.1) is 5.82 Å². The molecule has 1 amide bonds. The highest BCUT2D eigenvalue weighted by atomic mass is 19.1. The third-order valence-electron chi connectivity index (χ3n) is 3.92. The number of hydrogen-bond donors (Lipinski definition) is 1. The molecule has 0 spiro atoms. The summed E-state index contributed by atoms with van der Waals surface area (Å²) in [5, 5.41) is 2.88. The van der Waals surface area contributed by atoms with E-state index in [1.807, 2.05) is 36.4 Å². The molecule has 0 saturated carbocycles. The first-order valence-corrected chi connectivity index (χ1v) is 7.53. The lowest BCUT2D eigenvalue weighted by Crippen LogP contribution is -2.21. The second kappa shape index (κ2) is 6.56. The van der Waals surface area contributed by atoms with Crippen molar-refractivity contribution >= 4 is 11.5 Å². The van der Waals surface area contributed by atoms with Crippen molar-refractivity contribution in [2.45, 2.75) is 25.8 Å². The number of carbonyl (C=O) groups is 1. The third-order valence-corrected chi connectivity index (χ3v) is 3.92. The van der Waals surface area contributed by atoms with Gasteiger partial charge in [-0.2, -0.15) is 0 Å². The monoisotopic (exact) mass is 295 g/mol. The van der Waals surface area contributed by atoms with Crippen molar-refractivity contribution in [3.63, 3.8) is 0 Å². The molecule has 112 valence electrons. The number of rotatable bonds is 3. The Morgan fingerprint density at radius 3 is 2.77 bits per heavy atom. The molecule has 0 unspecified atom stereocenters. The van der Waals surface area contributed by atoms with E-state index in [4.69, 9.17) is 0 Å². The fraction of sp³-hybridized carbons (Fsp3) is 0.211. The van der Waals surface area contributed by atoms with E-state index in [9.17, 15) is 9.18 Å². The molecule has 0 radical (unpaired) electrons. The zero-order chi connectivity index (χ0) is 15.4. The molecule has 0 saturated heterocycles. The van der Waals surface area contributed by atoms with Crippen molar-refractivity contribution in [1.82, 2.24) is 5.32 Å². The van der Waals surface area contributed by atoms with Crippen molar-refractivity contribution in [1.29, 1.82) is 0 Å². The van der Waals surface area contributed by atoms with Gasteiger partial charge >= 0.3 is 0 Å². The fourth-order valence-corrected chi connectivity index (χ4v) is 2.81. The number of allylic oxidation sites excluding steroid dienone is 1. The molecule has 0 aliphatic heterocycles. The SMILES string of the molecule is O=C(/C=C1/CCCc2ccc(F)cc21)NCc1ccccc1. The maximum Gasteiger partial charge on any atom is 0.244 e. The molecule has 3 rings (SSSR count). The van der Waals surface area contributed by atoms with Crippen LogP contribution in [0.3, 0.4) is 0 Å². The number of hydrogen-bond acceptors (Lipinski definition) is 1. The van der Waals surface area contributed by atoms with Gasteiger partial charge in [0.2, 0.25) is 5.91 Å². The Morgan fingerprint density at radius 2 is 1.95 bits per heavy atom. The first-order valence-electron chi connectivity index (χ1n) is 7.53. The lowest BCUT2D eigenvalue weighted by Gasteiger charge is -2.19. The average molecular weight is 295 g/mol. The van der Waals surface area contributed by atoms with Crippen molar-refractivity contribution in [2.75, 3.05) is 0 Å². The van der Waals surface area contributed by atoms with E-state index < -0.39 is 0 Å². The van der Waals surface area contributed by atoms with Crippen molar-refractivity contribution in [3.8, 4) is 0 Å². The van der Waals surface area contributed by atoms with Crippen LogP contribution in [0.4, 0.5) is 4.39 Å². The minimum Gasteiger partial charge on any atom is -0.348 e. The van der Waals surface area contributed by atoms with Crippen LogP contribution < -0.4 is 5.32 Å². The molecule has 0 bridgehead atoms. The number of fused-ring (bicyclic) bond motifs is 1. The Balaban J connectivity index is 1.73. The molecule has 3 heteroatoms. The average Bonchev–Trinajstić information content (AvgIpc) is 2.54. The van der Waals surface area contributed by atoms with Gasteiger partial charge in [0.25, 0.3) is 0 Å². The normalized spacial score (nSPS) is 15.4. The Bertz CT molecular complexity index is 707. The molecule has 0 aromatic heterocycles. The molecule has 2 aromatic carbocycles. The van der Waals surface area contributed by atoms with E-state index >= 15 is 0 Å². The molecular weight excluding hydrogens is 277 g/mol. The summed E-state index contributed by atoms with van der Waals surface area (Å²) in [5.41, 5.74) is 3.98. The lowest BCUT2D eigenvalue weighted by atomic mass is 9.87. The van der Waals surface area contributed by atoms with Gasteiger partial charge in [-0.3, -0.25) is 4.79 Å². The summed E-state index contributed by atoms with van der Waals surface area (Å²) in [6.45, 7) is 0.499. The number of nitrogens with one attached hydrogen (secondary N) is 1. The fourth-order valence-electron chi connectivity index (χ4n) is 2.81. The first kappa shape index (κ1) is 14.5. The highest BCUT2D eigenvalue weighted by molar-refractivity contribution is 5.95. The van der Waals surface area contributed by atoms with Gasteiger partial charge < -0.3 is 5.32 Å². The molecule has 2 aromatic rings. The minimum absolute atomic E-state index is 0.129. The Hall–Kier alpha value is -2.42. The first-order chi connectivity index (χ1) is 10.7. The quantitative estimate of drug-likeness (QED) is 0.856. The van der Waals surface area contributed by atoms with E-state index in [0.717, 1.165) is 41.5 Å². The van der Waals surface area contributed by atoms with Crippen LogP contribution in [0.5, 0.6) is 0 Å². The van der Waals surface area contributed by atoms with E-state index in [-0.39, 0.29) is 11.7 Å². The predicted octanol–water partition coefficient (Wildman–Crippen LogP) is 3.86. The topological polar surface area (TPSA) is 29.1 Å². The summed E-state index contributed by atoms with van der Waals surface area (Å²) < 4.78 is 13.4. The molecule has 1 N–H and O–H groups in total. The van der Waals surface area contributed by atoms with E-state index in [1.54, 1.807) is 6.08 Å². The van der Waals surface area contributed by atoms with E-state index in [1.165, 1.54) is 12.1 Å². The summed E-state index contributed by atoms with van der Waals surface area (Å²) in [6, 6.07) is 14.6. The van der Waals surface area contributed by atoms with Crippen LogP contribution in [0.25, 0.3) is 5.57 Å². The Labute approximate surface area is 129 Å². The van der Waals surface area contributed by atoms with E-state index in [2.05, 4.69) is 5.32 Å². The van der Waals surface area contributed by atoms with Crippen molar-refractivity contribution in [2.24, 2.45) is 0 Å². The van der Waals surface area contributed by atoms with Gasteiger partial charge in [-0.25, -0.2) is 4.39 Å². The summed E-state index contributed by atoms with van der Waals surface area (Å²) >= 11 is 0. The minimum atomic E-state index is -0.253. The number of carbonyl (C=O) groups excluding carboxylic acids is 1. The van der Waals surface area contributed by atoms with Gasteiger partial charge in [0.05, 0.1) is 0 Å². The maximum atomic E-state index is 13.4. The summed E-state index contributed by atoms with van der Waals surface area (Å²) in [4.78, 5) is 12.1. The largest absolute Gasteiger partial charge is 0.348 e. The standard InChI is InChI=1S/C19H18FNO/c20-17-10-9-15-7-4-8-16(18(15)12-17)11-19(22)21-13-14-5-2-1-3-6-14/h1-3,5-6,9-12H,4,7-8,13H2,(H,21,22)/b16-11-. The lowest BCUT2D eigenvalue weighted by molar-refractivity contribution is -0.116. The molecular formula is C19H18FNO. The zero-order valence-corrected chi connectivity index (χ0v) is 12.3. The Morgan fingerprint density at radius 1 is 1.14 bits per heavy atom. The van der Waals surface area contributed by atoms with Crippen LogP contribution >= 0.6 is 0 Å². The molecule has 1 aliphatic rings. The predicted molar refractivity (Wildman–Crippen MR) is 85.6 cm³/mol. The summed E-state index contributed by atoms with van der Waals surface area (Å²) in [6.07, 6.45) is 4.37. The molecule has 1 aliphatic carbocycles. The van der Waals surface area contributed by atoms with Gasteiger partial charge in [0, 0.05) is 12.6 Å². The highest BCUT2D eigenvalue weighted by Crippen LogP contribution is 2.31. The van der Waals surface area contributed by atoms with Crippen molar-refractivity contribution < 1.29 is 9.18 Å².